The van der Waals surface area contributed by atoms with Crippen molar-refractivity contribution in [1.29, 1.82) is 0 Å². The van der Waals surface area contributed by atoms with E-state index in [4.69, 9.17) is 9.84 Å². The lowest BCUT2D eigenvalue weighted by Gasteiger charge is -2.28. The Labute approximate surface area is 117 Å². The second kappa shape index (κ2) is 7.98. The van der Waals surface area contributed by atoms with E-state index in [0.29, 0.717) is 19.8 Å². The number of hydrazine groups is 1. The zero-order valence-electron chi connectivity index (χ0n) is 11.7. The summed E-state index contributed by atoms with van der Waals surface area (Å²) in [7, 11) is 1.48. The molecule has 1 saturated heterocycles. The molecule has 116 valence electrons. The first-order chi connectivity index (χ1) is 9.45. The van der Waals surface area contributed by atoms with Gasteiger partial charge in [-0.3, -0.25) is 0 Å². The molecule has 1 heterocycles. The molecule has 0 aromatic carbocycles. The highest BCUT2D eigenvalue weighted by molar-refractivity contribution is 5.78. The van der Waals surface area contributed by atoms with Crippen LogP contribution in [0, 0.1) is 22.0 Å². The zero-order valence-corrected chi connectivity index (χ0v) is 11.7. The maximum absolute atomic E-state index is 10.6. The average Bonchev–Trinajstić information content (AvgIpc) is 2.93. The highest BCUT2D eigenvalue weighted by Crippen LogP contribution is 2.13. The number of aliphatic hydroxyl groups is 2. The van der Waals surface area contributed by atoms with Crippen molar-refractivity contribution in [2.24, 2.45) is 16.8 Å². The molecule has 3 atom stereocenters. The SMILES string of the molecule is CC(CO)C(O)N(C)C(=NCC1CCOC1)N[N+](=O)[O-]. The van der Waals surface area contributed by atoms with Gasteiger partial charge in [-0.15, -0.1) is 0 Å². The maximum Gasteiger partial charge on any atom is 0.258 e. The van der Waals surface area contributed by atoms with Gasteiger partial charge in [0.1, 0.15) is 6.23 Å². The summed E-state index contributed by atoms with van der Waals surface area (Å²) in [4.78, 5) is 16.0. The molecular weight excluding hydrogens is 268 g/mol. The molecule has 0 saturated carbocycles. The van der Waals surface area contributed by atoms with Gasteiger partial charge in [0.25, 0.3) is 5.96 Å². The van der Waals surface area contributed by atoms with Gasteiger partial charge >= 0.3 is 0 Å². The lowest BCUT2D eigenvalue weighted by Crippen LogP contribution is -2.49. The molecule has 0 aromatic rings. The Hall–Kier alpha value is -1.45. The van der Waals surface area contributed by atoms with E-state index in [9.17, 15) is 15.2 Å². The molecule has 3 N–H and O–H groups in total. The summed E-state index contributed by atoms with van der Waals surface area (Å²) in [6, 6.07) is 0. The predicted molar refractivity (Wildman–Crippen MR) is 71.4 cm³/mol. The third-order valence-corrected chi connectivity index (χ3v) is 3.24. The van der Waals surface area contributed by atoms with E-state index in [2.05, 4.69) is 4.99 Å². The molecule has 1 rings (SSSR count). The van der Waals surface area contributed by atoms with Crippen molar-refractivity contribution in [3.8, 4) is 0 Å². The Morgan fingerprint density at radius 3 is 2.90 bits per heavy atom. The van der Waals surface area contributed by atoms with Crippen LogP contribution in [0.3, 0.4) is 0 Å². The van der Waals surface area contributed by atoms with Gasteiger partial charge in [-0.2, -0.15) is 0 Å². The molecule has 0 bridgehead atoms. The van der Waals surface area contributed by atoms with E-state index in [1.807, 2.05) is 5.43 Å². The number of nitrogens with zero attached hydrogens (tertiary/aromatic N) is 3. The Kier molecular flexibility index (Phi) is 6.62. The highest BCUT2D eigenvalue weighted by atomic mass is 16.7. The molecular formula is C11H22N4O5. The summed E-state index contributed by atoms with van der Waals surface area (Å²) in [5, 5.41) is 28.9. The molecule has 3 unspecified atom stereocenters. The second-order valence-corrected chi connectivity index (χ2v) is 4.95. The summed E-state index contributed by atoms with van der Waals surface area (Å²) in [5.74, 6) is -0.248. The lowest BCUT2D eigenvalue weighted by atomic mass is 10.1. The summed E-state index contributed by atoms with van der Waals surface area (Å²) < 4.78 is 5.21. The fourth-order valence-electron chi connectivity index (χ4n) is 1.85. The largest absolute Gasteiger partial charge is 0.396 e. The Morgan fingerprint density at radius 2 is 2.40 bits per heavy atom. The van der Waals surface area contributed by atoms with Crippen LogP contribution in [0.1, 0.15) is 13.3 Å². The minimum Gasteiger partial charge on any atom is -0.396 e. The van der Waals surface area contributed by atoms with E-state index in [-0.39, 0.29) is 18.5 Å². The molecule has 9 heteroatoms. The van der Waals surface area contributed by atoms with Gasteiger partial charge in [0, 0.05) is 38.6 Å². The van der Waals surface area contributed by atoms with E-state index in [0.717, 1.165) is 6.42 Å². The summed E-state index contributed by atoms with van der Waals surface area (Å²) in [5.41, 5.74) is 1.98. The fourth-order valence-corrected chi connectivity index (χ4v) is 1.85. The van der Waals surface area contributed by atoms with Crippen LogP contribution in [-0.4, -0.2) is 65.7 Å². The molecule has 0 radical (unpaired) electrons. The first-order valence-corrected chi connectivity index (χ1v) is 6.50. The van der Waals surface area contributed by atoms with Crippen LogP contribution >= 0.6 is 0 Å². The Bertz CT molecular complexity index is 346. The summed E-state index contributed by atoms with van der Waals surface area (Å²) >= 11 is 0. The van der Waals surface area contributed by atoms with Crippen molar-refractivity contribution in [1.82, 2.24) is 10.3 Å². The van der Waals surface area contributed by atoms with Crippen LogP contribution < -0.4 is 5.43 Å². The van der Waals surface area contributed by atoms with Crippen LogP contribution in [0.2, 0.25) is 0 Å². The first kappa shape index (κ1) is 16.6. The number of hydrogen-bond donors (Lipinski definition) is 3. The van der Waals surface area contributed by atoms with Crippen molar-refractivity contribution in [2.45, 2.75) is 19.6 Å². The van der Waals surface area contributed by atoms with Crippen molar-refractivity contribution < 1.29 is 20.0 Å². The van der Waals surface area contributed by atoms with Gasteiger partial charge in [-0.25, -0.2) is 15.1 Å². The van der Waals surface area contributed by atoms with Crippen LogP contribution in [-0.2, 0) is 4.74 Å². The molecule has 0 aromatic heterocycles. The smallest absolute Gasteiger partial charge is 0.258 e. The maximum atomic E-state index is 10.6. The normalized spacial score (nSPS) is 22.4. The van der Waals surface area contributed by atoms with E-state index >= 15 is 0 Å². The molecule has 1 fully saturated rings. The monoisotopic (exact) mass is 290 g/mol. The van der Waals surface area contributed by atoms with E-state index in [1.54, 1.807) is 6.92 Å². The standard InChI is InChI=1S/C11H22N4O5/c1-8(6-16)10(17)14(2)11(13-15(18)19)12-5-9-3-4-20-7-9/h8-10,16-17H,3-7H2,1-2H3,(H,12,13). The number of rotatable bonds is 6. The van der Waals surface area contributed by atoms with Crippen molar-refractivity contribution in [3.63, 3.8) is 0 Å². The number of nitrogens with one attached hydrogen (secondary N) is 1. The van der Waals surface area contributed by atoms with Gasteiger partial charge in [-0.1, -0.05) is 12.3 Å². The highest BCUT2D eigenvalue weighted by Gasteiger charge is 2.24. The Morgan fingerprint density at radius 1 is 1.70 bits per heavy atom. The number of guanidine groups is 1. The van der Waals surface area contributed by atoms with Crippen molar-refractivity contribution >= 4 is 5.96 Å². The van der Waals surface area contributed by atoms with Gasteiger partial charge in [0.2, 0.25) is 0 Å². The molecule has 1 aliphatic rings. The zero-order chi connectivity index (χ0) is 15.1. The van der Waals surface area contributed by atoms with Crippen LogP contribution in [0.25, 0.3) is 0 Å². The number of hydrogen-bond acceptors (Lipinski definition) is 6. The number of aliphatic imine (C=N–C) groups is 1. The van der Waals surface area contributed by atoms with Crippen molar-refractivity contribution in [3.05, 3.63) is 10.1 Å². The molecule has 1 aliphatic heterocycles. The second-order valence-electron chi connectivity index (χ2n) is 4.95. The third-order valence-electron chi connectivity index (χ3n) is 3.24. The van der Waals surface area contributed by atoms with Crippen LogP contribution in [0.5, 0.6) is 0 Å². The molecule has 0 aliphatic carbocycles. The number of nitro groups is 1. The third kappa shape index (κ3) is 4.91. The van der Waals surface area contributed by atoms with Gasteiger partial charge < -0.3 is 19.8 Å². The molecule has 0 spiro atoms. The quantitative estimate of drug-likeness (QED) is 0.189. The van der Waals surface area contributed by atoms with E-state index in [1.165, 1.54) is 11.9 Å². The fraction of sp³-hybridized carbons (Fsp3) is 0.909. The topological polar surface area (TPSA) is 120 Å². The number of aliphatic hydroxyl groups excluding tert-OH is 2. The number of ether oxygens (including phenoxy) is 1. The summed E-state index contributed by atoms with van der Waals surface area (Å²) in [6.45, 7) is 3.07. The van der Waals surface area contributed by atoms with Gasteiger partial charge in [-0.05, 0) is 6.42 Å². The van der Waals surface area contributed by atoms with Gasteiger partial charge in [0.15, 0.2) is 5.03 Å². The molecule has 9 nitrogen and oxygen atoms in total. The lowest BCUT2D eigenvalue weighted by molar-refractivity contribution is -0.526. The van der Waals surface area contributed by atoms with Crippen molar-refractivity contribution in [2.75, 3.05) is 33.4 Å². The summed E-state index contributed by atoms with van der Waals surface area (Å²) in [6.07, 6.45) is -0.194. The molecule has 20 heavy (non-hydrogen) atoms. The minimum atomic E-state index is -1.06. The Balaban J connectivity index is 2.70. The minimum absolute atomic E-state index is 0.0327. The predicted octanol–water partition coefficient (Wildman–Crippen LogP) is -0.961. The van der Waals surface area contributed by atoms with Crippen LogP contribution in [0.15, 0.2) is 4.99 Å². The van der Waals surface area contributed by atoms with Gasteiger partial charge in [0.05, 0.1) is 6.61 Å². The average molecular weight is 290 g/mol. The van der Waals surface area contributed by atoms with E-state index < -0.39 is 17.2 Å². The van der Waals surface area contributed by atoms with Crippen LogP contribution in [0.4, 0.5) is 0 Å². The molecule has 0 amide bonds. The first-order valence-electron chi connectivity index (χ1n) is 6.50.